The first-order valence-electron chi connectivity index (χ1n) is 9.81. The van der Waals surface area contributed by atoms with Crippen molar-refractivity contribution in [1.29, 1.82) is 0 Å². The van der Waals surface area contributed by atoms with E-state index in [1.54, 1.807) is 6.92 Å². The average molecular weight is 378 g/mol. The zero-order valence-corrected chi connectivity index (χ0v) is 15.7. The van der Waals surface area contributed by atoms with Crippen LogP contribution in [0.5, 0.6) is 0 Å². The molecule has 27 heavy (non-hydrogen) atoms. The van der Waals surface area contributed by atoms with E-state index >= 15 is 0 Å². The van der Waals surface area contributed by atoms with Gasteiger partial charge in [0, 0.05) is 39.1 Å². The second-order valence-corrected chi connectivity index (χ2v) is 8.12. The lowest BCUT2D eigenvalue weighted by Crippen LogP contribution is -2.43. The van der Waals surface area contributed by atoms with Crippen LogP contribution in [0.3, 0.4) is 0 Å². The lowest BCUT2D eigenvalue weighted by atomic mass is 9.76. The molecule has 4 heterocycles. The summed E-state index contributed by atoms with van der Waals surface area (Å²) in [4.78, 5) is 24.9. The van der Waals surface area contributed by atoms with Gasteiger partial charge in [-0.05, 0) is 32.6 Å². The number of likely N-dealkylation sites (tertiary alicyclic amines) is 1. The van der Waals surface area contributed by atoms with E-state index in [2.05, 4.69) is 14.9 Å². The number of anilines is 1. The van der Waals surface area contributed by atoms with Gasteiger partial charge in [0.1, 0.15) is 11.9 Å². The highest BCUT2D eigenvalue weighted by molar-refractivity contribution is 5.79. The second kappa shape index (κ2) is 7.31. The molecule has 0 aliphatic carbocycles. The van der Waals surface area contributed by atoms with Gasteiger partial charge in [0.2, 0.25) is 0 Å². The van der Waals surface area contributed by atoms with E-state index < -0.39 is 11.2 Å². The molecule has 8 heteroatoms. The van der Waals surface area contributed by atoms with Crippen LogP contribution in [-0.4, -0.2) is 70.9 Å². The van der Waals surface area contributed by atoms with E-state index in [1.807, 2.05) is 4.90 Å². The smallest absolute Gasteiger partial charge is 0.312 e. The summed E-state index contributed by atoms with van der Waals surface area (Å²) in [6, 6.07) is 0. The summed E-state index contributed by atoms with van der Waals surface area (Å²) < 4.78 is 19.8. The molecule has 3 aliphatic rings. The molecule has 1 aromatic rings. The van der Waals surface area contributed by atoms with E-state index in [0.717, 1.165) is 38.9 Å². The van der Waals surface area contributed by atoms with Crippen molar-refractivity contribution in [3.8, 4) is 0 Å². The number of halogens is 1. The summed E-state index contributed by atoms with van der Waals surface area (Å²) in [5.74, 6) is 0.338. The first-order valence-corrected chi connectivity index (χ1v) is 9.81. The Morgan fingerprint density at radius 2 is 2.00 bits per heavy atom. The highest BCUT2D eigenvalue weighted by atomic mass is 19.1. The Morgan fingerprint density at radius 1 is 1.30 bits per heavy atom. The molecule has 3 saturated heterocycles. The molecule has 1 N–H and O–H groups in total. The molecule has 1 unspecified atom stereocenters. The SMILES string of the molecule is Cc1ncc(F)c(N2CCC3(CC2)CC(CN2CCC(O)CC2)OC3=O)n1. The minimum atomic E-state index is -0.449. The summed E-state index contributed by atoms with van der Waals surface area (Å²) in [5.41, 5.74) is -0.449. The van der Waals surface area contributed by atoms with E-state index in [9.17, 15) is 14.3 Å². The second-order valence-electron chi connectivity index (χ2n) is 8.12. The summed E-state index contributed by atoms with van der Waals surface area (Å²) >= 11 is 0. The Kier molecular flexibility index (Phi) is 5.03. The van der Waals surface area contributed by atoms with Crippen LogP contribution < -0.4 is 4.90 Å². The Labute approximate surface area is 158 Å². The first kappa shape index (κ1) is 18.6. The molecule has 0 radical (unpaired) electrons. The van der Waals surface area contributed by atoms with E-state index in [-0.39, 0.29) is 18.2 Å². The summed E-state index contributed by atoms with van der Waals surface area (Å²) in [6.07, 6.45) is 4.52. The van der Waals surface area contributed by atoms with Crippen molar-refractivity contribution in [2.75, 3.05) is 37.6 Å². The molecule has 0 bridgehead atoms. The fourth-order valence-electron chi connectivity index (χ4n) is 4.55. The third kappa shape index (κ3) is 3.78. The molecule has 1 aromatic heterocycles. The number of cyclic esters (lactones) is 1. The van der Waals surface area contributed by atoms with Crippen molar-refractivity contribution in [3.63, 3.8) is 0 Å². The number of aliphatic hydroxyl groups is 1. The monoisotopic (exact) mass is 378 g/mol. The maximum absolute atomic E-state index is 14.1. The number of esters is 1. The van der Waals surface area contributed by atoms with Gasteiger partial charge < -0.3 is 14.7 Å². The topological polar surface area (TPSA) is 78.8 Å². The van der Waals surface area contributed by atoms with Crippen LogP contribution >= 0.6 is 0 Å². The molecular formula is C19H27FN4O3. The van der Waals surface area contributed by atoms with Gasteiger partial charge in [-0.15, -0.1) is 0 Å². The van der Waals surface area contributed by atoms with Gasteiger partial charge in [0.25, 0.3) is 0 Å². The van der Waals surface area contributed by atoms with E-state index in [4.69, 9.17) is 4.74 Å². The van der Waals surface area contributed by atoms with Crippen LogP contribution in [0, 0.1) is 18.2 Å². The number of piperidine rings is 2. The van der Waals surface area contributed by atoms with Gasteiger partial charge in [-0.3, -0.25) is 9.69 Å². The molecule has 0 amide bonds. The number of hydrogen-bond acceptors (Lipinski definition) is 7. The summed E-state index contributed by atoms with van der Waals surface area (Å²) in [7, 11) is 0. The Hall–Kier alpha value is -1.80. The number of rotatable bonds is 3. The Bertz CT molecular complexity index is 700. The molecule has 7 nitrogen and oxygen atoms in total. The molecule has 3 fully saturated rings. The molecule has 148 valence electrons. The first-order chi connectivity index (χ1) is 12.9. The number of aryl methyl sites for hydroxylation is 1. The van der Waals surface area contributed by atoms with Crippen molar-refractivity contribution < 1.29 is 19.0 Å². The molecule has 0 aromatic carbocycles. The molecule has 1 atom stereocenters. The Morgan fingerprint density at radius 3 is 2.70 bits per heavy atom. The number of aromatic nitrogens is 2. The third-order valence-electron chi connectivity index (χ3n) is 6.21. The number of carbonyl (C=O) groups excluding carboxylic acids is 1. The molecule has 3 aliphatic heterocycles. The predicted octanol–water partition coefficient (Wildman–Crippen LogP) is 1.28. The molecule has 4 rings (SSSR count). The third-order valence-corrected chi connectivity index (χ3v) is 6.21. The average Bonchev–Trinajstić information content (AvgIpc) is 2.95. The lowest BCUT2D eigenvalue weighted by molar-refractivity contribution is -0.150. The Balaban J connectivity index is 1.36. The molecular weight excluding hydrogens is 351 g/mol. The van der Waals surface area contributed by atoms with Crippen molar-refractivity contribution in [1.82, 2.24) is 14.9 Å². The van der Waals surface area contributed by atoms with Crippen LogP contribution in [0.4, 0.5) is 10.2 Å². The lowest BCUT2D eigenvalue weighted by Gasteiger charge is -2.37. The number of aliphatic hydroxyl groups excluding tert-OH is 1. The minimum absolute atomic E-state index is 0.0858. The zero-order chi connectivity index (χ0) is 19.0. The van der Waals surface area contributed by atoms with Gasteiger partial charge in [0.15, 0.2) is 11.6 Å². The van der Waals surface area contributed by atoms with Crippen molar-refractivity contribution in [2.24, 2.45) is 5.41 Å². The molecule has 1 spiro atoms. The van der Waals surface area contributed by atoms with Gasteiger partial charge >= 0.3 is 5.97 Å². The number of carbonyl (C=O) groups is 1. The fourth-order valence-corrected chi connectivity index (χ4v) is 4.55. The summed E-state index contributed by atoms with van der Waals surface area (Å²) in [6.45, 7) is 5.36. The predicted molar refractivity (Wildman–Crippen MR) is 96.8 cm³/mol. The van der Waals surface area contributed by atoms with Gasteiger partial charge in [-0.2, -0.15) is 0 Å². The maximum Gasteiger partial charge on any atom is 0.312 e. The van der Waals surface area contributed by atoms with Crippen LogP contribution in [0.25, 0.3) is 0 Å². The quantitative estimate of drug-likeness (QED) is 0.794. The van der Waals surface area contributed by atoms with Crippen LogP contribution in [-0.2, 0) is 9.53 Å². The standard InChI is InChI=1S/C19H27FN4O3/c1-13-21-11-16(20)17(22-13)24-8-4-19(5-9-24)10-15(27-18(19)26)12-23-6-2-14(25)3-7-23/h11,14-15,25H,2-10,12H2,1H3. The highest BCUT2D eigenvalue weighted by Gasteiger charge is 2.51. The van der Waals surface area contributed by atoms with Gasteiger partial charge in [-0.1, -0.05) is 0 Å². The van der Waals surface area contributed by atoms with Crippen molar-refractivity contribution in [2.45, 2.75) is 51.2 Å². The van der Waals surface area contributed by atoms with Crippen LogP contribution in [0.1, 0.15) is 37.9 Å². The van der Waals surface area contributed by atoms with Crippen LogP contribution in [0.2, 0.25) is 0 Å². The molecule has 0 saturated carbocycles. The number of hydrogen-bond donors (Lipinski definition) is 1. The van der Waals surface area contributed by atoms with Crippen molar-refractivity contribution >= 4 is 11.8 Å². The zero-order valence-electron chi connectivity index (χ0n) is 15.7. The highest BCUT2D eigenvalue weighted by Crippen LogP contribution is 2.44. The van der Waals surface area contributed by atoms with Gasteiger partial charge in [0.05, 0.1) is 17.7 Å². The normalized spacial score (nSPS) is 26.6. The van der Waals surface area contributed by atoms with E-state index in [0.29, 0.717) is 37.6 Å². The largest absolute Gasteiger partial charge is 0.461 e. The minimum Gasteiger partial charge on any atom is -0.461 e. The maximum atomic E-state index is 14.1. The number of ether oxygens (including phenoxy) is 1. The van der Waals surface area contributed by atoms with Crippen molar-refractivity contribution in [3.05, 3.63) is 17.8 Å². The fraction of sp³-hybridized carbons (Fsp3) is 0.737. The van der Waals surface area contributed by atoms with E-state index in [1.165, 1.54) is 6.20 Å². The van der Waals surface area contributed by atoms with Gasteiger partial charge in [-0.25, -0.2) is 14.4 Å². The summed E-state index contributed by atoms with van der Waals surface area (Å²) in [5, 5.41) is 9.63. The van der Waals surface area contributed by atoms with Crippen LogP contribution in [0.15, 0.2) is 6.20 Å². The number of nitrogens with zero attached hydrogens (tertiary/aromatic N) is 4.